The van der Waals surface area contributed by atoms with E-state index in [4.69, 9.17) is 14.5 Å². The molecule has 1 aliphatic rings. The van der Waals surface area contributed by atoms with E-state index in [1.807, 2.05) is 44.2 Å². The van der Waals surface area contributed by atoms with Gasteiger partial charge in [-0.2, -0.15) is 0 Å². The van der Waals surface area contributed by atoms with Crippen molar-refractivity contribution in [1.29, 1.82) is 0 Å². The molecule has 2 aromatic heterocycles. The molecule has 0 amide bonds. The van der Waals surface area contributed by atoms with Gasteiger partial charge in [-0.15, -0.1) is 0 Å². The zero-order valence-corrected chi connectivity index (χ0v) is 23.0. The minimum atomic E-state index is -1.49. The van der Waals surface area contributed by atoms with Crippen molar-refractivity contribution in [3.05, 3.63) is 87.0 Å². The highest BCUT2D eigenvalue weighted by atomic mass is 32.2. The van der Waals surface area contributed by atoms with Gasteiger partial charge < -0.3 is 23.9 Å². The molecule has 0 spiro atoms. The predicted octanol–water partition coefficient (Wildman–Crippen LogP) is 4.77. The third kappa shape index (κ3) is 5.46. The molecular weight excluding hydrogens is 521 g/mol. The van der Waals surface area contributed by atoms with E-state index in [1.54, 1.807) is 16.7 Å². The number of aliphatic hydroxyl groups is 1. The Labute approximate surface area is 229 Å². The van der Waals surface area contributed by atoms with Gasteiger partial charge in [-0.25, -0.2) is 9.37 Å². The number of carbonyl (C=O) groups excluding carboxylic acids is 1. The first kappa shape index (κ1) is 28.4. The minimum Gasteiger partial charge on any atom is -0.494 e. The Balaban J connectivity index is 0.00000172. The molecule has 3 heterocycles. The van der Waals surface area contributed by atoms with Crippen LogP contribution in [0.2, 0.25) is 0 Å². The van der Waals surface area contributed by atoms with Crippen LogP contribution in [0.15, 0.2) is 58.2 Å². The molecule has 10 heteroatoms. The highest BCUT2D eigenvalue weighted by Gasteiger charge is 2.30. The Hall–Kier alpha value is -3.57. The highest BCUT2D eigenvalue weighted by Crippen LogP contribution is 2.38. The van der Waals surface area contributed by atoms with E-state index in [1.165, 1.54) is 32.2 Å². The third-order valence-electron chi connectivity index (χ3n) is 6.39. The van der Waals surface area contributed by atoms with Crippen molar-refractivity contribution in [2.24, 2.45) is 0 Å². The number of aliphatic hydroxyl groups excluding tert-OH is 1. The summed E-state index contributed by atoms with van der Waals surface area (Å²) in [5, 5.41) is 11.0. The summed E-state index contributed by atoms with van der Waals surface area (Å²) in [6, 6.07) is 14.3. The van der Waals surface area contributed by atoms with Crippen molar-refractivity contribution in [2.45, 2.75) is 44.5 Å². The molecule has 0 aliphatic carbocycles. The Morgan fingerprint density at radius 2 is 1.92 bits per heavy atom. The van der Waals surface area contributed by atoms with Crippen LogP contribution in [-0.2, 0) is 29.2 Å². The smallest absolute Gasteiger partial charge is 0.257 e. The van der Waals surface area contributed by atoms with E-state index in [2.05, 4.69) is 4.72 Å². The zero-order valence-electron chi connectivity index (χ0n) is 22.2. The number of hydrogen-bond donors (Lipinski definition) is 2. The lowest BCUT2D eigenvalue weighted by Crippen LogP contribution is -2.26. The van der Waals surface area contributed by atoms with Gasteiger partial charge >= 0.3 is 0 Å². The molecule has 0 radical (unpaired) electrons. The van der Waals surface area contributed by atoms with Crippen molar-refractivity contribution >= 4 is 29.1 Å². The number of nitrogens with zero attached hydrogens (tertiary/aromatic N) is 2. The average Bonchev–Trinajstić information content (AvgIpc) is 3.33. The molecule has 4 aromatic rings. The number of fused-ring (bicyclic) bond motifs is 4. The zero-order chi connectivity index (χ0) is 28.1. The van der Waals surface area contributed by atoms with Crippen molar-refractivity contribution in [3.8, 4) is 17.1 Å². The average molecular weight is 552 g/mol. The topological polar surface area (TPSA) is 103 Å². The SMILES string of the molecule is CC.COCc1c(C(O)C=O)cc2n(c1=O)Cc1c-2nc2cc(F)c(OC)cc2c1CNSc1ccccc1. The largest absolute Gasteiger partial charge is 0.494 e. The number of methoxy groups -OCH3 is 2. The number of halogens is 1. The van der Waals surface area contributed by atoms with Crippen LogP contribution in [0.1, 0.15) is 42.2 Å². The summed E-state index contributed by atoms with van der Waals surface area (Å²) in [6.07, 6.45) is -1.12. The number of carbonyl (C=O) groups is 1. The first-order valence-corrected chi connectivity index (χ1v) is 13.3. The van der Waals surface area contributed by atoms with Gasteiger partial charge in [0.2, 0.25) is 0 Å². The molecule has 39 heavy (non-hydrogen) atoms. The second-order valence-corrected chi connectivity index (χ2v) is 9.49. The van der Waals surface area contributed by atoms with E-state index < -0.39 is 11.9 Å². The lowest BCUT2D eigenvalue weighted by molar-refractivity contribution is -0.115. The molecule has 8 nitrogen and oxygen atoms in total. The number of nitrogens with one attached hydrogen (secondary N) is 1. The van der Waals surface area contributed by atoms with Crippen molar-refractivity contribution < 1.29 is 23.8 Å². The van der Waals surface area contributed by atoms with Crippen LogP contribution in [-0.4, -0.2) is 35.2 Å². The molecule has 2 aromatic carbocycles. The van der Waals surface area contributed by atoms with Gasteiger partial charge in [0.25, 0.3) is 5.56 Å². The van der Waals surface area contributed by atoms with Gasteiger partial charge in [-0.1, -0.05) is 32.0 Å². The Morgan fingerprint density at radius 1 is 1.18 bits per heavy atom. The van der Waals surface area contributed by atoms with Crippen LogP contribution >= 0.6 is 11.9 Å². The molecule has 1 aliphatic heterocycles. The van der Waals surface area contributed by atoms with Crippen LogP contribution in [0.5, 0.6) is 5.75 Å². The summed E-state index contributed by atoms with van der Waals surface area (Å²) in [6.45, 7) is 4.57. The Bertz CT molecular complexity index is 1560. The van der Waals surface area contributed by atoms with Crippen LogP contribution in [0.3, 0.4) is 0 Å². The summed E-state index contributed by atoms with van der Waals surface area (Å²) in [5.41, 5.74) is 2.98. The first-order valence-electron chi connectivity index (χ1n) is 12.5. The monoisotopic (exact) mass is 551 g/mol. The van der Waals surface area contributed by atoms with Gasteiger partial charge in [-0.05, 0) is 41.8 Å². The number of benzene rings is 2. The summed E-state index contributed by atoms with van der Waals surface area (Å²) in [4.78, 5) is 30.6. The molecule has 0 saturated heterocycles. The number of pyridine rings is 2. The number of aromatic nitrogens is 2. The predicted molar refractivity (Wildman–Crippen MR) is 149 cm³/mol. The molecular formula is C29H30FN3O5S. The van der Waals surface area contributed by atoms with E-state index in [0.717, 1.165) is 16.0 Å². The van der Waals surface area contributed by atoms with E-state index in [9.17, 15) is 19.1 Å². The van der Waals surface area contributed by atoms with E-state index >= 15 is 0 Å². The third-order valence-corrected chi connectivity index (χ3v) is 7.19. The van der Waals surface area contributed by atoms with Gasteiger partial charge in [0.05, 0.1) is 37.2 Å². The van der Waals surface area contributed by atoms with Gasteiger partial charge in [0.15, 0.2) is 17.9 Å². The Kier molecular flexibility index (Phi) is 9.13. The second kappa shape index (κ2) is 12.5. The quantitative estimate of drug-likeness (QED) is 0.199. The Morgan fingerprint density at radius 3 is 2.59 bits per heavy atom. The van der Waals surface area contributed by atoms with Crippen LogP contribution < -0.4 is 15.0 Å². The van der Waals surface area contributed by atoms with Crippen molar-refractivity contribution in [3.63, 3.8) is 0 Å². The maximum atomic E-state index is 14.7. The maximum Gasteiger partial charge on any atom is 0.257 e. The summed E-state index contributed by atoms with van der Waals surface area (Å²) >= 11 is 1.46. The molecule has 0 saturated carbocycles. The van der Waals surface area contributed by atoms with E-state index in [-0.39, 0.29) is 35.6 Å². The number of aldehydes is 1. The van der Waals surface area contributed by atoms with E-state index in [0.29, 0.717) is 35.1 Å². The van der Waals surface area contributed by atoms with Crippen LogP contribution in [0.25, 0.3) is 22.3 Å². The molecule has 1 atom stereocenters. The van der Waals surface area contributed by atoms with Crippen molar-refractivity contribution in [1.82, 2.24) is 14.3 Å². The normalized spacial score (nSPS) is 12.4. The molecule has 0 fully saturated rings. The number of ether oxygens (including phenoxy) is 2. The first-order chi connectivity index (χ1) is 19.0. The maximum absolute atomic E-state index is 14.7. The molecule has 5 rings (SSSR count). The second-order valence-electron chi connectivity index (χ2n) is 8.53. The fraction of sp³-hybridized carbons (Fsp3) is 0.276. The standard InChI is InChI=1S/C27H24FN3O5S.C2H6/c1-35-14-20-17(24(33)13-32)8-23-26-19(12-31(23)27(20)34)18(11-29-37-15-6-4-3-5-7-15)16-9-25(36-2)21(28)10-22(16)30-26;1-2/h3-10,13,24,29,33H,11-12,14H2,1-2H3;1-2H3. The fourth-order valence-corrected chi connectivity index (χ4v) is 5.31. The van der Waals surface area contributed by atoms with Crippen LogP contribution in [0.4, 0.5) is 4.39 Å². The van der Waals surface area contributed by atoms with Gasteiger partial charge in [0, 0.05) is 46.7 Å². The summed E-state index contributed by atoms with van der Waals surface area (Å²) in [5.74, 6) is -0.458. The van der Waals surface area contributed by atoms with Crippen molar-refractivity contribution in [2.75, 3.05) is 14.2 Å². The van der Waals surface area contributed by atoms with Gasteiger partial charge in [0.1, 0.15) is 6.10 Å². The molecule has 2 N–H and O–H groups in total. The van der Waals surface area contributed by atoms with Crippen LogP contribution in [0, 0.1) is 5.82 Å². The molecule has 1 unspecified atom stereocenters. The fourth-order valence-electron chi connectivity index (χ4n) is 4.64. The minimum absolute atomic E-state index is 0.0599. The highest BCUT2D eigenvalue weighted by molar-refractivity contribution is 7.97. The summed E-state index contributed by atoms with van der Waals surface area (Å²) < 4.78 is 30.0. The molecule has 0 bridgehead atoms. The number of rotatable bonds is 9. The summed E-state index contributed by atoms with van der Waals surface area (Å²) in [7, 11) is 2.84. The number of hydrogen-bond acceptors (Lipinski definition) is 8. The lowest BCUT2D eigenvalue weighted by Gasteiger charge is -2.14. The molecule has 204 valence electrons. The lowest BCUT2D eigenvalue weighted by atomic mass is 9.99. The van der Waals surface area contributed by atoms with Gasteiger partial charge in [-0.3, -0.25) is 9.52 Å².